The molecule has 7 heteroatoms. The van der Waals surface area contributed by atoms with Crippen LogP contribution >= 0.6 is 48.6 Å². The minimum absolute atomic E-state index is 0. The summed E-state index contributed by atoms with van der Waals surface area (Å²) in [6, 6.07) is 32.6. The van der Waals surface area contributed by atoms with Crippen molar-refractivity contribution in [3.05, 3.63) is 91.0 Å². The SMILES string of the molecule is CCP(CC)c1ccccc1.CCP(CC)c1ccccc1.CCP(CC)c1ccccc1.Cl.Cl.[O]=[W]. The summed E-state index contributed by atoms with van der Waals surface area (Å²) in [6.45, 7) is 13.7. The van der Waals surface area contributed by atoms with Gasteiger partial charge >= 0.3 is 23.2 Å². The monoisotopic (exact) mass is 770 g/mol. The van der Waals surface area contributed by atoms with Crippen molar-refractivity contribution < 1.29 is 23.2 Å². The van der Waals surface area contributed by atoms with Crippen LogP contribution in [0, 0.1) is 0 Å². The normalized spacial score (nSPS) is 9.43. The van der Waals surface area contributed by atoms with Gasteiger partial charge in [-0.15, -0.1) is 24.8 Å². The molecule has 0 N–H and O–H groups in total. The van der Waals surface area contributed by atoms with Gasteiger partial charge in [-0.3, -0.25) is 0 Å². The standard InChI is InChI=1S/3C10H15P.2ClH.O.W/c3*1-3-11(4-2)10-8-6-5-7-9-10;;;;/h3*5-9H,3-4H2,1-2H3;2*1H;;. The minimum atomic E-state index is 0. The molecule has 0 spiro atoms. The molecule has 3 aromatic carbocycles. The zero-order valence-corrected chi connectivity index (χ0v) is 30.6. The molecular weight excluding hydrogens is 724 g/mol. The average molecular weight is 771 g/mol. The first-order valence-electron chi connectivity index (χ1n) is 12.7. The van der Waals surface area contributed by atoms with E-state index in [-0.39, 0.29) is 48.6 Å². The van der Waals surface area contributed by atoms with E-state index in [1.807, 2.05) is 0 Å². The van der Waals surface area contributed by atoms with Gasteiger partial charge in [0.1, 0.15) is 0 Å². The van der Waals surface area contributed by atoms with E-state index < -0.39 is 0 Å². The van der Waals surface area contributed by atoms with Crippen LogP contribution in [0.5, 0.6) is 0 Å². The second-order valence-electron chi connectivity index (χ2n) is 7.52. The first-order chi connectivity index (χ1) is 17.1. The van der Waals surface area contributed by atoms with Crippen molar-refractivity contribution in [3.63, 3.8) is 0 Å². The zero-order chi connectivity index (χ0) is 26.3. The number of hydrogen-bond acceptors (Lipinski definition) is 1. The van der Waals surface area contributed by atoms with Crippen LogP contribution in [0.3, 0.4) is 0 Å². The maximum atomic E-state index is 8.33. The van der Waals surface area contributed by atoms with Crippen LogP contribution in [0.2, 0.25) is 0 Å². The molecule has 0 aliphatic heterocycles. The van der Waals surface area contributed by atoms with Gasteiger partial charge in [-0.05, 0) is 52.9 Å². The molecule has 0 aliphatic rings. The Morgan fingerprint density at radius 1 is 0.405 bits per heavy atom. The van der Waals surface area contributed by atoms with Crippen molar-refractivity contribution in [3.8, 4) is 0 Å². The summed E-state index contributed by atoms with van der Waals surface area (Å²) < 4.78 is 8.33. The van der Waals surface area contributed by atoms with Crippen molar-refractivity contribution in [2.24, 2.45) is 0 Å². The Balaban J connectivity index is -0.000000441. The maximum absolute atomic E-state index is 8.33. The second kappa shape index (κ2) is 29.0. The fourth-order valence-corrected chi connectivity index (χ4v) is 9.00. The zero-order valence-electron chi connectivity index (χ0n) is 23.4. The van der Waals surface area contributed by atoms with E-state index in [4.69, 9.17) is 3.40 Å². The Morgan fingerprint density at radius 2 is 0.568 bits per heavy atom. The van der Waals surface area contributed by atoms with Crippen molar-refractivity contribution in [2.75, 3.05) is 37.0 Å². The third-order valence-corrected chi connectivity index (χ3v) is 13.3. The van der Waals surface area contributed by atoms with Gasteiger partial charge in [0.15, 0.2) is 0 Å². The first-order valence-corrected chi connectivity index (χ1v) is 19.0. The van der Waals surface area contributed by atoms with Gasteiger partial charge in [-0.25, -0.2) is 0 Å². The van der Waals surface area contributed by atoms with E-state index in [0.717, 1.165) is 0 Å². The van der Waals surface area contributed by atoms with E-state index >= 15 is 0 Å². The van der Waals surface area contributed by atoms with Gasteiger partial charge < -0.3 is 0 Å². The number of benzene rings is 3. The van der Waals surface area contributed by atoms with Crippen LogP contribution in [0.1, 0.15) is 41.5 Å². The van der Waals surface area contributed by atoms with Gasteiger partial charge in [0, 0.05) is 0 Å². The molecule has 0 fully saturated rings. The summed E-state index contributed by atoms with van der Waals surface area (Å²) in [5, 5.41) is 4.65. The molecule has 0 unspecified atom stereocenters. The molecule has 208 valence electrons. The molecule has 0 heterocycles. The Bertz CT molecular complexity index is 720. The molecule has 0 saturated heterocycles. The molecule has 0 bridgehead atoms. The Hall–Kier alpha value is 0.0183. The summed E-state index contributed by atoms with van der Waals surface area (Å²) in [5.74, 6) is 0. The van der Waals surface area contributed by atoms with Crippen LogP contribution in [-0.2, 0) is 23.2 Å². The summed E-state index contributed by atoms with van der Waals surface area (Å²) in [7, 11) is 0.446. The molecule has 0 aromatic heterocycles. The summed E-state index contributed by atoms with van der Waals surface area (Å²) in [5.41, 5.74) is 0. The molecule has 3 rings (SSSR count). The number of halogens is 2. The molecule has 0 saturated carbocycles. The summed E-state index contributed by atoms with van der Waals surface area (Å²) in [4.78, 5) is 0. The topological polar surface area (TPSA) is 17.1 Å². The Morgan fingerprint density at radius 3 is 0.703 bits per heavy atom. The summed E-state index contributed by atoms with van der Waals surface area (Å²) in [6.07, 6.45) is 7.89. The average Bonchev–Trinajstić information content (AvgIpc) is 2.94. The third kappa shape index (κ3) is 18.1. The van der Waals surface area contributed by atoms with Crippen molar-refractivity contribution in [1.82, 2.24) is 0 Å². The van der Waals surface area contributed by atoms with Gasteiger partial charge in [0.2, 0.25) is 0 Å². The predicted molar refractivity (Wildman–Crippen MR) is 177 cm³/mol. The van der Waals surface area contributed by atoms with Crippen molar-refractivity contribution >= 4 is 64.5 Å². The molecule has 0 amide bonds. The van der Waals surface area contributed by atoms with Crippen LogP contribution in [0.25, 0.3) is 0 Å². The molecule has 3 aromatic rings. The van der Waals surface area contributed by atoms with Crippen LogP contribution < -0.4 is 15.9 Å². The predicted octanol–water partition coefficient (Wildman–Crippen LogP) is 9.22. The van der Waals surface area contributed by atoms with Crippen molar-refractivity contribution in [1.29, 1.82) is 0 Å². The van der Waals surface area contributed by atoms with Gasteiger partial charge in [-0.2, -0.15) is 0 Å². The van der Waals surface area contributed by atoms with E-state index in [1.165, 1.54) is 37.0 Å². The Labute approximate surface area is 255 Å². The van der Waals surface area contributed by atoms with E-state index in [9.17, 15) is 0 Å². The summed E-state index contributed by atoms with van der Waals surface area (Å²) >= 11 is 0.333. The van der Waals surface area contributed by atoms with Crippen molar-refractivity contribution in [2.45, 2.75) is 41.5 Å². The molecule has 0 radical (unpaired) electrons. The molecule has 0 aliphatic carbocycles. The van der Waals surface area contributed by atoms with E-state index in [0.29, 0.717) is 19.8 Å². The Kier molecular flexibility index (Phi) is 32.5. The molecule has 37 heavy (non-hydrogen) atoms. The fraction of sp³-hybridized carbons (Fsp3) is 0.400. The van der Waals surface area contributed by atoms with Gasteiger partial charge in [0.05, 0.1) is 0 Å². The van der Waals surface area contributed by atoms with Crippen LogP contribution in [-0.4, -0.2) is 37.0 Å². The van der Waals surface area contributed by atoms with Crippen LogP contribution in [0.4, 0.5) is 0 Å². The van der Waals surface area contributed by atoms with E-state index in [2.05, 4.69) is 133 Å². The first kappa shape index (κ1) is 41.5. The third-order valence-electron chi connectivity index (χ3n) is 5.65. The quantitative estimate of drug-likeness (QED) is 0.199. The molecule has 0 atom stereocenters. The van der Waals surface area contributed by atoms with Crippen LogP contribution in [0.15, 0.2) is 91.0 Å². The number of hydrogen-bond donors (Lipinski definition) is 0. The fourth-order valence-electron chi connectivity index (χ4n) is 3.68. The molecular formula is C30H47Cl2OP3W. The van der Waals surface area contributed by atoms with Gasteiger partial charge in [0.25, 0.3) is 0 Å². The second-order valence-corrected chi connectivity index (χ2v) is 16.1. The van der Waals surface area contributed by atoms with E-state index in [1.54, 1.807) is 15.9 Å². The number of rotatable bonds is 9. The van der Waals surface area contributed by atoms with Gasteiger partial charge in [-0.1, -0.05) is 156 Å². The molecule has 1 nitrogen and oxygen atoms in total.